The van der Waals surface area contributed by atoms with E-state index in [1.54, 1.807) is 91.0 Å². The lowest BCUT2D eigenvalue weighted by Gasteiger charge is -2.32. The number of fused-ring (bicyclic) bond motifs is 1. The number of hydrogen-bond acceptors (Lipinski definition) is 13. The van der Waals surface area contributed by atoms with E-state index < -0.39 is 95.8 Å². The van der Waals surface area contributed by atoms with Gasteiger partial charge in [-0.15, -0.1) is 0 Å². The van der Waals surface area contributed by atoms with Gasteiger partial charge in [0.1, 0.15) is 30.2 Å². The van der Waals surface area contributed by atoms with Crippen LogP contribution in [0.5, 0.6) is 0 Å². The number of aliphatic hydroxyl groups is 1. The first-order valence-electron chi connectivity index (χ1n) is 24.8. The molecule has 402 valence electrons. The molecule has 21 heteroatoms. The number of carbonyl (C=O) groups excluding carboxylic acids is 8. The van der Waals surface area contributed by atoms with Crippen LogP contribution in [0.3, 0.4) is 0 Å². The molecule has 0 bridgehead atoms. The van der Waals surface area contributed by atoms with E-state index in [-0.39, 0.29) is 42.4 Å². The minimum absolute atomic E-state index is 0.0598. The Hall–Kier alpha value is -7.30. The van der Waals surface area contributed by atoms with E-state index in [0.29, 0.717) is 23.2 Å². The molecule has 5 aromatic carbocycles. The number of nitrogens with one attached hydrogen (secondary N) is 7. The highest BCUT2D eigenvalue weighted by Crippen LogP contribution is 2.24. The van der Waals surface area contributed by atoms with Gasteiger partial charge in [0.2, 0.25) is 35.4 Å². The molecule has 1 saturated heterocycles. The summed E-state index contributed by atoms with van der Waals surface area (Å²) >= 11 is 0. The van der Waals surface area contributed by atoms with E-state index in [9.17, 15) is 38.7 Å². The summed E-state index contributed by atoms with van der Waals surface area (Å²) in [4.78, 5) is 115. The molecule has 0 radical (unpaired) electrons. The third-order valence-electron chi connectivity index (χ3n) is 12.5. The fraction of sp³-hybridized carbons (Fsp3) is 0.345. The number of likely N-dealkylation sites (N-methyl/N-ethyl adjacent to an activating group) is 1. The van der Waals surface area contributed by atoms with Crippen molar-refractivity contribution in [2.45, 2.75) is 101 Å². The first-order chi connectivity index (χ1) is 36.4. The van der Waals surface area contributed by atoms with Gasteiger partial charge in [-0.05, 0) is 52.1 Å². The molecule has 5 aromatic rings. The molecule has 0 aliphatic carbocycles. The molecule has 0 aromatic heterocycles. The monoisotopic (exact) mass is 1070 g/mol. The van der Waals surface area contributed by atoms with E-state index in [0.717, 1.165) is 42.8 Å². The molecule has 1 fully saturated rings. The number of rotatable bonds is 15. The minimum Gasteiger partial charge on any atom is -0.391 e. The maximum Gasteiger partial charge on any atom is 0.264 e. The summed E-state index contributed by atoms with van der Waals surface area (Å²) in [6, 6.07) is 29.1. The third-order valence-corrected chi connectivity index (χ3v) is 14.9. The number of benzene rings is 5. The maximum absolute atomic E-state index is 15.1. The lowest BCUT2D eigenvalue weighted by molar-refractivity contribution is -0.137. The zero-order chi connectivity index (χ0) is 54.9. The van der Waals surface area contributed by atoms with Gasteiger partial charge >= 0.3 is 0 Å². The van der Waals surface area contributed by atoms with Gasteiger partial charge in [0.15, 0.2) is 6.17 Å². The number of nitrogens with zero attached hydrogens (tertiary/aromatic N) is 1. The molecule has 1 aliphatic rings. The summed E-state index contributed by atoms with van der Waals surface area (Å²) in [7, 11) is 3.47. The van der Waals surface area contributed by atoms with Crippen molar-refractivity contribution in [2.75, 3.05) is 18.6 Å². The van der Waals surface area contributed by atoms with Crippen LogP contribution < -0.4 is 48.7 Å². The highest BCUT2D eigenvalue weighted by molar-refractivity contribution is 8.76. The molecule has 8 amide bonds. The maximum atomic E-state index is 15.1. The van der Waals surface area contributed by atoms with Crippen molar-refractivity contribution in [2.24, 2.45) is 11.5 Å². The molecule has 0 saturated carbocycles. The van der Waals surface area contributed by atoms with Crippen molar-refractivity contribution >= 4 is 79.6 Å². The predicted molar refractivity (Wildman–Crippen MR) is 294 cm³/mol. The molecule has 76 heavy (non-hydrogen) atoms. The van der Waals surface area contributed by atoms with Crippen molar-refractivity contribution < 1.29 is 43.5 Å². The Balaban J connectivity index is 1.44. The van der Waals surface area contributed by atoms with Crippen molar-refractivity contribution in [3.63, 3.8) is 0 Å². The average molecular weight is 1080 g/mol. The molecular weight excluding hydrogens is 1010 g/mol. The van der Waals surface area contributed by atoms with Crippen LogP contribution in [-0.4, -0.2) is 130 Å². The van der Waals surface area contributed by atoms with E-state index in [2.05, 4.69) is 37.2 Å². The van der Waals surface area contributed by atoms with Gasteiger partial charge in [0.25, 0.3) is 11.8 Å². The smallest absolute Gasteiger partial charge is 0.264 e. The normalized spacial score (nSPS) is 21.2. The molecule has 19 nitrogen and oxygen atoms in total. The summed E-state index contributed by atoms with van der Waals surface area (Å²) in [5.41, 5.74) is 14.9. The number of carbonyl (C=O) groups is 8. The predicted octanol–water partition coefficient (Wildman–Crippen LogP) is 1.59. The fourth-order valence-electron chi connectivity index (χ4n) is 8.15. The highest BCUT2D eigenvalue weighted by atomic mass is 33.1. The number of primary amides is 1. The van der Waals surface area contributed by atoms with E-state index in [4.69, 9.17) is 11.5 Å². The Kier molecular flexibility index (Phi) is 21.4. The highest BCUT2D eigenvalue weighted by Gasteiger charge is 2.37. The number of aliphatic hydroxyl groups excluding tert-OH is 1. The first-order valence-corrected chi connectivity index (χ1v) is 27.3. The Morgan fingerprint density at radius 3 is 1.67 bits per heavy atom. The lowest BCUT2D eigenvalue weighted by Crippen LogP contribution is -2.64. The van der Waals surface area contributed by atoms with Crippen molar-refractivity contribution in [3.8, 4) is 0 Å². The number of nitrogens with two attached hydrogens (primary N) is 2. The van der Waals surface area contributed by atoms with Crippen molar-refractivity contribution in [1.82, 2.24) is 42.1 Å². The van der Waals surface area contributed by atoms with Gasteiger partial charge in [-0.25, -0.2) is 0 Å². The molecule has 8 atom stereocenters. The lowest BCUT2D eigenvalue weighted by atomic mass is 10.0. The Labute approximate surface area is 449 Å². The molecule has 1 heterocycles. The standard InChI is InChI=1S/C55H66N10O9S2/c1-32(2)58-29-37-21-19-36(20-22-37)27-43-50(69)60-42(25-34-13-7-5-8-14-34)51(70)62-45(53(72)63-46(33(3)66)47(57)67)31-76-75-30-41(56)49(68)59-44(26-35-15-9-6-10-16-35)52(71)64-48(54(73)61-43)65(4)55(74)40-24-23-38-17-11-12-18-39(38)28-40/h5-24,28,32-33,41-46,48,58,66H,25-27,29-31,56H2,1-4H3,(H2,57,67)(H,59,68)(H,60,69)(H,61,73)(H,62,70)(H,63,72)(H,64,71)/t33-,41+,42+,43+,44+,45+,46+,48-/m1/s1. The second kappa shape index (κ2) is 28.0. The SMILES string of the molecule is CC(C)NCc1ccc(C[C@@H]2NC(=O)[C@@H](N(C)C(=O)c3ccc4ccccc4c3)NC(=O)[C@H](Cc3ccccc3)NC(=O)[C@@H](N)CSSC[C@@H](C(=O)N[C@H](C(N)=O)[C@@H](C)O)NC(=O)[C@H](Cc3ccccc3)NC2=O)cc1. The van der Waals surface area contributed by atoms with Crippen LogP contribution in [0.2, 0.25) is 0 Å². The topological polar surface area (TPSA) is 296 Å². The fourth-order valence-corrected chi connectivity index (χ4v) is 10.4. The van der Waals surface area contributed by atoms with Crippen LogP contribution in [0.1, 0.15) is 53.4 Å². The second-order valence-corrected chi connectivity index (χ2v) is 21.4. The zero-order valence-electron chi connectivity index (χ0n) is 42.7. The van der Waals surface area contributed by atoms with Crippen LogP contribution in [0.25, 0.3) is 10.8 Å². The average Bonchev–Trinajstić information content (AvgIpc) is 3.40. The van der Waals surface area contributed by atoms with Gasteiger partial charge in [-0.2, -0.15) is 0 Å². The zero-order valence-corrected chi connectivity index (χ0v) is 44.3. The molecule has 1 aliphatic heterocycles. The van der Waals surface area contributed by atoms with Gasteiger partial charge in [0.05, 0.1) is 12.1 Å². The molecule has 0 spiro atoms. The summed E-state index contributed by atoms with van der Waals surface area (Å²) in [5.74, 6) is -7.07. The van der Waals surface area contributed by atoms with Gasteiger partial charge in [-0.1, -0.05) is 151 Å². The van der Waals surface area contributed by atoms with E-state index in [1.807, 2.05) is 50.2 Å². The summed E-state index contributed by atoms with van der Waals surface area (Å²) in [6.07, 6.45) is -3.51. The van der Waals surface area contributed by atoms with Gasteiger partial charge < -0.3 is 58.7 Å². The van der Waals surface area contributed by atoms with Gasteiger partial charge in [-0.3, -0.25) is 38.4 Å². The largest absolute Gasteiger partial charge is 0.391 e. The number of hydrogen-bond donors (Lipinski definition) is 10. The molecular formula is C55H66N10O9S2. The van der Waals surface area contributed by atoms with Crippen LogP contribution in [0, 0.1) is 0 Å². The quantitative estimate of drug-likeness (QED) is 0.0668. The third kappa shape index (κ3) is 16.9. The van der Waals surface area contributed by atoms with Crippen LogP contribution >= 0.6 is 21.6 Å². The summed E-state index contributed by atoms with van der Waals surface area (Å²) in [6.45, 7) is 5.86. The number of amides is 8. The van der Waals surface area contributed by atoms with Crippen molar-refractivity contribution in [1.29, 1.82) is 0 Å². The van der Waals surface area contributed by atoms with Crippen LogP contribution in [-0.2, 0) is 59.4 Å². The van der Waals surface area contributed by atoms with Crippen LogP contribution in [0.4, 0.5) is 0 Å². The molecule has 6 rings (SSSR count). The van der Waals surface area contributed by atoms with E-state index in [1.165, 1.54) is 14.0 Å². The van der Waals surface area contributed by atoms with Gasteiger partial charge in [0, 0.05) is 56.0 Å². The van der Waals surface area contributed by atoms with E-state index >= 15 is 4.79 Å². The Morgan fingerprint density at radius 2 is 1.11 bits per heavy atom. The Morgan fingerprint density at radius 1 is 0.618 bits per heavy atom. The minimum atomic E-state index is -1.80. The Bertz CT molecular complexity index is 2830. The van der Waals surface area contributed by atoms with Crippen LogP contribution in [0.15, 0.2) is 127 Å². The molecule has 12 N–H and O–H groups in total. The summed E-state index contributed by atoms with van der Waals surface area (Å²) < 4.78 is 0. The summed E-state index contributed by atoms with van der Waals surface area (Å²) in [5, 5.41) is 31.4. The van der Waals surface area contributed by atoms with Crippen molar-refractivity contribution in [3.05, 3.63) is 155 Å². The second-order valence-electron chi connectivity index (χ2n) is 18.9. The molecule has 0 unspecified atom stereocenters. The first kappa shape index (κ1) is 58.0.